The summed E-state index contributed by atoms with van der Waals surface area (Å²) in [7, 11) is 3.59. The number of carbonyl (C=O) groups is 2. The van der Waals surface area contributed by atoms with Gasteiger partial charge in [-0.2, -0.15) is 0 Å². The van der Waals surface area contributed by atoms with Crippen LogP contribution in [-0.2, 0) is 9.59 Å². The van der Waals surface area contributed by atoms with E-state index in [1.807, 2.05) is 60.7 Å². The monoisotopic (exact) mass is 412 g/mol. The van der Waals surface area contributed by atoms with E-state index in [0.717, 1.165) is 11.1 Å². The summed E-state index contributed by atoms with van der Waals surface area (Å²) in [6.07, 6.45) is 3.32. The van der Waals surface area contributed by atoms with Crippen LogP contribution < -0.4 is 0 Å². The Labute approximate surface area is 179 Å². The van der Waals surface area contributed by atoms with Crippen LogP contribution in [0.25, 0.3) is 0 Å². The SMILES string of the molecule is C=CCN(CC=C)C(=O)CCl.CN(C)C(=O)C(c1ccccc1)c1ccccc1. The molecule has 0 radical (unpaired) electrons. The Morgan fingerprint density at radius 3 is 1.62 bits per heavy atom. The molecule has 0 atom stereocenters. The fourth-order valence-electron chi connectivity index (χ4n) is 2.70. The van der Waals surface area contributed by atoms with Gasteiger partial charge in [0.15, 0.2) is 0 Å². The smallest absolute Gasteiger partial charge is 0.238 e. The predicted molar refractivity (Wildman–Crippen MR) is 121 cm³/mol. The zero-order chi connectivity index (χ0) is 21.6. The molecule has 4 nitrogen and oxygen atoms in total. The Morgan fingerprint density at radius 2 is 1.31 bits per heavy atom. The number of nitrogens with zero attached hydrogens (tertiary/aromatic N) is 2. The molecule has 0 unspecified atom stereocenters. The van der Waals surface area contributed by atoms with Gasteiger partial charge in [-0.3, -0.25) is 9.59 Å². The number of amides is 2. The molecule has 2 aromatic carbocycles. The summed E-state index contributed by atoms with van der Waals surface area (Å²) in [5, 5.41) is 0. The number of rotatable bonds is 8. The number of alkyl halides is 1. The molecule has 0 saturated heterocycles. The average Bonchev–Trinajstić information content (AvgIpc) is 2.75. The van der Waals surface area contributed by atoms with Crippen molar-refractivity contribution < 1.29 is 9.59 Å². The largest absolute Gasteiger partial charge is 0.348 e. The Bertz CT molecular complexity index is 726. The van der Waals surface area contributed by atoms with Crippen LogP contribution in [0.1, 0.15) is 17.0 Å². The second-order valence-electron chi connectivity index (χ2n) is 6.50. The first-order valence-corrected chi connectivity index (χ1v) is 9.86. The van der Waals surface area contributed by atoms with Gasteiger partial charge in [-0.1, -0.05) is 72.8 Å². The maximum atomic E-state index is 12.4. The summed E-state index contributed by atoms with van der Waals surface area (Å²) in [6.45, 7) is 8.11. The normalized spacial score (nSPS) is 9.79. The number of carbonyl (C=O) groups excluding carboxylic acids is 2. The predicted octanol–water partition coefficient (Wildman–Crippen LogP) is 4.33. The van der Waals surface area contributed by atoms with E-state index in [1.165, 1.54) is 0 Å². The summed E-state index contributed by atoms with van der Waals surface area (Å²) in [6, 6.07) is 19.8. The Morgan fingerprint density at radius 1 is 0.897 bits per heavy atom. The molecule has 0 aromatic heterocycles. The minimum Gasteiger partial charge on any atom is -0.348 e. The molecule has 2 aromatic rings. The van der Waals surface area contributed by atoms with Crippen LogP contribution in [0.5, 0.6) is 0 Å². The number of hydrogen-bond donors (Lipinski definition) is 0. The molecule has 0 N–H and O–H groups in total. The van der Waals surface area contributed by atoms with Gasteiger partial charge in [0, 0.05) is 27.2 Å². The van der Waals surface area contributed by atoms with E-state index in [-0.39, 0.29) is 23.6 Å². The van der Waals surface area contributed by atoms with Crippen LogP contribution in [0.2, 0.25) is 0 Å². The van der Waals surface area contributed by atoms with Crippen molar-refractivity contribution in [2.45, 2.75) is 5.92 Å². The molecule has 0 aliphatic heterocycles. The standard InChI is InChI=1S/C16H17NO.C8H12ClNO/c1-17(2)16(18)15(13-9-5-3-6-10-13)14-11-7-4-8-12-14;1-3-5-10(6-4-2)8(11)7-9/h3-12,15H,1-2H3;3-4H,1-2,5-7H2. The molecule has 0 spiro atoms. The van der Waals surface area contributed by atoms with Crippen molar-refractivity contribution in [3.05, 3.63) is 97.1 Å². The first-order chi connectivity index (χ1) is 14.0. The number of hydrogen-bond acceptors (Lipinski definition) is 2. The summed E-state index contributed by atoms with van der Waals surface area (Å²) in [5.74, 6) is -0.192. The van der Waals surface area contributed by atoms with Crippen molar-refractivity contribution in [1.29, 1.82) is 0 Å². The maximum absolute atomic E-state index is 12.4. The fourth-order valence-corrected chi connectivity index (χ4v) is 2.87. The third-order valence-corrected chi connectivity index (χ3v) is 4.35. The van der Waals surface area contributed by atoms with Crippen molar-refractivity contribution >= 4 is 23.4 Å². The quantitative estimate of drug-likeness (QED) is 0.478. The molecular formula is C24H29ClN2O2. The van der Waals surface area contributed by atoms with E-state index in [2.05, 4.69) is 13.2 Å². The Hall–Kier alpha value is -2.85. The molecule has 2 rings (SSSR count). The molecule has 2 amide bonds. The molecule has 154 valence electrons. The van der Waals surface area contributed by atoms with Crippen LogP contribution in [-0.4, -0.2) is 54.7 Å². The number of benzene rings is 2. The van der Waals surface area contributed by atoms with E-state index in [4.69, 9.17) is 11.6 Å². The first kappa shape index (κ1) is 24.2. The molecular weight excluding hydrogens is 384 g/mol. The Kier molecular flexibility index (Phi) is 11.1. The summed E-state index contributed by atoms with van der Waals surface area (Å²) in [5.41, 5.74) is 2.06. The lowest BCUT2D eigenvalue weighted by atomic mass is 9.90. The first-order valence-electron chi connectivity index (χ1n) is 9.32. The van der Waals surface area contributed by atoms with E-state index in [9.17, 15) is 9.59 Å². The number of likely N-dealkylation sites (N-methyl/N-ethyl adjacent to an activating group) is 1. The van der Waals surface area contributed by atoms with Gasteiger partial charge in [-0.25, -0.2) is 0 Å². The highest BCUT2D eigenvalue weighted by atomic mass is 35.5. The molecule has 0 bridgehead atoms. The third kappa shape index (κ3) is 7.96. The zero-order valence-electron chi connectivity index (χ0n) is 17.1. The highest BCUT2D eigenvalue weighted by Crippen LogP contribution is 2.25. The second kappa shape index (κ2) is 13.3. The van der Waals surface area contributed by atoms with Gasteiger partial charge < -0.3 is 9.80 Å². The van der Waals surface area contributed by atoms with Crippen molar-refractivity contribution in [2.24, 2.45) is 0 Å². The van der Waals surface area contributed by atoms with Gasteiger partial charge >= 0.3 is 0 Å². The van der Waals surface area contributed by atoms with Crippen molar-refractivity contribution in [3.63, 3.8) is 0 Å². The second-order valence-corrected chi connectivity index (χ2v) is 6.76. The van der Waals surface area contributed by atoms with Gasteiger partial charge in [0.05, 0.1) is 5.92 Å². The fraction of sp³-hybridized carbons (Fsp3) is 0.250. The highest BCUT2D eigenvalue weighted by Gasteiger charge is 2.23. The lowest BCUT2D eigenvalue weighted by Gasteiger charge is -2.21. The van der Waals surface area contributed by atoms with Crippen LogP contribution in [0, 0.1) is 0 Å². The third-order valence-electron chi connectivity index (χ3n) is 4.12. The topological polar surface area (TPSA) is 40.6 Å². The average molecular weight is 413 g/mol. The molecule has 0 aliphatic carbocycles. The molecule has 29 heavy (non-hydrogen) atoms. The van der Waals surface area contributed by atoms with Crippen LogP contribution in [0.3, 0.4) is 0 Å². The summed E-state index contributed by atoms with van der Waals surface area (Å²) >= 11 is 5.36. The summed E-state index contributed by atoms with van der Waals surface area (Å²) in [4.78, 5) is 26.6. The van der Waals surface area contributed by atoms with Gasteiger partial charge in [0.2, 0.25) is 11.8 Å². The van der Waals surface area contributed by atoms with E-state index in [1.54, 1.807) is 36.0 Å². The van der Waals surface area contributed by atoms with E-state index >= 15 is 0 Å². The van der Waals surface area contributed by atoms with Crippen LogP contribution in [0.4, 0.5) is 0 Å². The minimum absolute atomic E-state index is 0.0156. The van der Waals surface area contributed by atoms with Gasteiger partial charge in [0.1, 0.15) is 5.88 Å². The van der Waals surface area contributed by atoms with E-state index < -0.39 is 0 Å². The molecule has 0 saturated carbocycles. The molecule has 5 heteroatoms. The zero-order valence-corrected chi connectivity index (χ0v) is 17.9. The Balaban J connectivity index is 0.000000331. The number of halogens is 1. The maximum Gasteiger partial charge on any atom is 0.238 e. The molecule has 0 heterocycles. The highest BCUT2D eigenvalue weighted by molar-refractivity contribution is 6.27. The van der Waals surface area contributed by atoms with Crippen molar-refractivity contribution in [3.8, 4) is 0 Å². The van der Waals surface area contributed by atoms with Crippen molar-refractivity contribution in [2.75, 3.05) is 33.1 Å². The molecule has 0 aliphatic rings. The van der Waals surface area contributed by atoms with Crippen LogP contribution in [0.15, 0.2) is 86.0 Å². The van der Waals surface area contributed by atoms with Gasteiger partial charge in [-0.05, 0) is 11.1 Å². The minimum atomic E-state index is -0.220. The molecule has 0 fully saturated rings. The van der Waals surface area contributed by atoms with E-state index in [0.29, 0.717) is 13.1 Å². The van der Waals surface area contributed by atoms with Crippen molar-refractivity contribution in [1.82, 2.24) is 9.80 Å². The summed E-state index contributed by atoms with van der Waals surface area (Å²) < 4.78 is 0. The lowest BCUT2D eigenvalue weighted by Crippen LogP contribution is -2.32. The lowest BCUT2D eigenvalue weighted by molar-refractivity contribution is -0.129. The van der Waals surface area contributed by atoms with Gasteiger partial charge in [0.25, 0.3) is 0 Å². The van der Waals surface area contributed by atoms with Crippen LogP contribution >= 0.6 is 11.6 Å². The van der Waals surface area contributed by atoms with Gasteiger partial charge in [-0.15, -0.1) is 24.8 Å².